The van der Waals surface area contributed by atoms with Crippen molar-refractivity contribution in [3.63, 3.8) is 0 Å². The van der Waals surface area contributed by atoms with Crippen molar-refractivity contribution in [3.8, 4) is 10.4 Å². The third kappa shape index (κ3) is 2.49. The Morgan fingerprint density at radius 1 is 0.889 bits per heavy atom. The van der Waals surface area contributed by atoms with Gasteiger partial charge in [0.2, 0.25) is 0 Å². The van der Waals surface area contributed by atoms with E-state index in [2.05, 4.69) is 47.4 Å². The molecule has 0 amide bonds. The minimum absolute atomic E-state index is 0.964. The van der Waals surface area contributed by atoms with Crippen LogP contribution >= 0.6 is 11.3 Å². The van der Waals surface area contributed by atoms with E-state index in [-0.39, 0.29) is 0 Å². The van der Waals surface area contributed by atoms with Gasteiger partial charge in [0.1, 0.15) is 0 Å². The molecule has 0 aliphatic rings. The van der Waals surface area contributed by atoms with Crippen molar-refractivity contribution in [3.05, 3.63) is 77.4 Å². The predicted octanol–water partition coefficient (Wildman–Crippen LogP) is 4.40. The summed E-state index contributed by atoms with van der Waals surface area (Å²) < 4.78 is 0. The third-order valence-electron chi connectivity index (χ3n) is 2.82. The highest BCUT2D eigenvalue weighted by atomic mass is 32.1. The summed E-state index contributed by atoms with van der Waals surface area (Å²) in [5, 5.41) is 0. The first-order valence-corrected chi connectivity index (χ1v) is 6.76. The summed E-state index contributed by atoms with van der Waals surface area (Å²) in [4.78, 5) is 6.86. The molecular formula is C16H13NS. The normalized spacial score (nSPS) is 10.4. The number of hydrogen-bond acceptors (Lipinski definition) is 2. The molecule has 0 radical (unpaired) electrons. The molecule has 0 fully saturated rings. The number of pyridine rings is 1. The fourth-order valence-electron chi connectivity index (χ4n) is 1.93. The minimum Gasteiger partial charge on any atom is -0.264 e. The Balaban J connectivity index is 1.82. The second kappa shape index (κ2) is 5.15. The summed E-state index contributed by atoms with van der Waals surface area (Å²) in [6.07, 6.45) is 4.71. The molecule has 0 N–H and O–H groups in total. The highest BCUT2D eigenvalue weighted by Gasteiger charge is 2.03. The molecule has 2 heteroatoms. The SMILES string of the molecule is c1ccc(-c2ccc(Cc3cccnc3)s2)cc1. The molecule has 1 nitrogen and oxygen atoms in total. The second-order valence-electron chi connectivity index (χ2n) is 4.17. The maximum absolute atomic E-state index is 4.15. The van der Waals surface area contributed by atoms with Crippen molar-refractivity contribution < 1.29 is 0 Å². The first kappa shape index (κ1) is 11.2. The van der Waals surface area contributed by atoms with Crippen LogP contribution in [0.25, 0.3) is 10.4 Å². The van der Waals surface area contributed by atoms with Crippen molar-refractivity contribution in [2.24, 2.45) is 0 Å². The summed E-state index contributed by atoms with van der Waals surface area (Å²) in [6.45, 7) is 0. The smallest absolute Gasteiger partial charge is 0.0345 e. The van der Waals surface area contributed by atoms with Crippen LogP contribution in [-0.4, -0.2) is 4.98 Å². The number of thiophene rings is 1. The third-order valence-corrected chi connectivity index (χ3v) is 3.96. The highest BCUT2D eigenvalue weighted by molar-refractivity contribution is 7.15. The van der Waals surface area contributed by atoms with Gasteiger partial charge in [-0.2, -0.15) is 0 Å². The minimum atomic E-state index is 0.964. The first-order valence-electron chi connectivity index (χ1n) is 5.95. The fraction of sp³-hybridized carbons (Fsp3) is 0.0625. The van der Waals surface area contributed by atoms with E-state index in [1.165, 1.54) is 20.9 Å². The highest BCUT2D eigenvalue weighted by Crippen LogP contribution is 2.28. The van der Waals surface area contributed by atoms with Gasteiger partial charge in [0, 0.05) is 28.6 Å². The maximum atomic E-state index is 4.15. The van der Waals surface area contributed by atoms with Crippen LogP contribution in [0.2, 0.25) is 0 Å². The molecule has 2 aromatic heterocycles. The molecule has 0 aliphatic heterocycles. The van der Waals surface area contributed by atoms with Crippen LogP contribution in [-0.2, 0) is 6.42 Å². The summed E-state index contributed by atoms with van der Waals surface area (Å²) in [5.41, 5.74) is 2.55. The van der Waals surface area contributed by atoms with Gasteiger partial charge in [-0.1, -0.05) is 36.4 Å². The van der Waals surface area contributed by atoms with Crippen molar-refractivity contribution in [2.45, 2.75) is 6.42 Å². The molecule has 0 unspecified atom stereocenters. The van der Waals surface area contributed by atoms with E-state index in [4.69, 9.17) is 0 Å². The van der Waals surface area contributed by atoms with E-state index in [0.29, 0.717) is 0 Å². The Labute approximate surface area is 111 Å². The lowest BCUT2D eigenvalue weighted by Crippen LogP contribution is -1.84. The molecule has 1 aromatic carbocycles. The second-order valence-corrected chi connectivity index (χ2v) is 5.34. The van der Waals surface area contributed by atoms with Gasteiger partial charge in [0.15, 0.2) is 0 Å². The molecule has 0 saturated carbocycles. The quantitative estimate of drug-likeness (QED) is 0.672. The first-order chi connectivity index (χ1) is 8.92. The van der Waals surface area contributed by atoms with Gasteiger partial charge in [-0.3, -0.25) is 4.98 Å². The molecule has 2 heterocycles. The zero-order valence-electron chi connectivity index (χ0n) is 9.91. The largest absolute Gasteiger partial charge is 0.264 e. The Hall–Kier alpha value is -1.93. The van der Waals surface area contributed by atoms with Crippen molar-refractivity contribution in [1.82, 2.24) is 4.98 Å². The van der Waals surface area contributed by atoms with Gasteiger partial charge in [-0.15, -0.1) is 11.3 Å². The van der Waals surface area contributed by atoms with Gasteiger partial charge >= 0.3 is 0 Å². The van der Waals surface area contributed by atoms with E-state index in [1.54, 1.807) is 0 Å². The topological polar surface area (TPSA) is 12.9 Å². The van der Waals surface area contributed by atoms with Crippen LogP contribution in [0.1, 0.15) is 10.4 Å². The molecule has 0 saturated heterocycles. The van der Waals surface area contributed by atoms with Gasteiger partial charge in [0.25, 0.3) is 0 Å². The maximum Gasteiger partial charge on any atom is 0.0345 e. The van der Waals surface area contributed by atoms with Crippen LogP contribution < -0.4 is 0 Å². The van der Waals surface area contributed by atoms with Crippen LogP contribution in [0.5, 0.6) is 0 Å². The number of aromatic nitrogens is 1. The molecule has 0 aliphatic carbocycles. The molecule has 0 bridgehead atoms. The molecule has 3 aromatic rings. The molecule has 88 valence electrons. The standard InChI is InChI=1S/C16H13NS/c1-2-6-14(7-3-1)16-9-8-15(18-16)11-13-5-4-10-17-12-13/h1-10,12H,11H2. The Morgan fingerprint density at radius 2 is 1.78 bits per heavy atom. The molecular weight excluding hydrogens is 238 g/mol. The lowest BCUT2D eigenvalue weighted by Gasteiger charge is -1.97. The lowest BCUT2D eigenvalue weighted by atomic mass is 10.2. The van der Waals surface area contributed by atoms with E-state index < -0.39 is 0 Å². The van der Waals surface area contributed by atoms with Gasteiger partial charge in [-0.25, -0.2) is 0 Å². The number of hydrogen-bond donors (Lipinski definition) is 0. The molecule has 0 spiro atoms. The number of benzene rings is 1. The van der Waals surface area contributed by atoms with Crippen molar-refractivity contribution in [2.75, 3.05) is 0 Å². The van der Waals surface area contributed by atoms with E-state index >= 15 is 0 Å². The van der Waals surface area contributed by atoms with E-state index in [9.17, 15) is 0 Å². The molecule has 0 atom stereocenters. The monoisotopic (exact) mass is 251 g/mol. The van der Waals surface area contributed by atoms with Crippen LogP contribution in [0.15, 0.2) is 67.0 Å². The molecule has 3 rings (SSSR count). The Bertz CT molecular complexity index is 614. The van der Waals surface area contributed by atoms with Crippen LogP contribution in [0.3, 0.4) is 0 Å². The average molecular weight is 251 g/mol. The number of nitrogens with zero attached hydrogens (tertiary/aromatic N) is 1. The zero-order chi connectivity index (χ0) is 12.2. The van der Waals surface area contributed by atoms with Crippen LogP contribution in [0.4, 0.5) is 0 Å². The van der Waals surface area contributed by atoms with E-state index in [0.717, 1.165) is 6.42 Å². The average Bonchev–Trinajstić information content (AvgIpc) is 2.89. The Morgan fingerprint density at radius 3 is 2.56 bits per heavy atom. The summed E-state index contributed by atoms with van der Waals surface area (Å²) in [5.74, 6) is 0. The summed E-state index contributed by atoms with van der Waals surface area (Å²) in [7, 11) is 0. The lowest BCUT2D eigenvalue weighted by molar-refractivity contribution is 1.17. The predicted molar refractivity (Wildman–Crippen MR) is 76.8 cm³/mol. The van der Waals surface area contributed by atoms with Gasteiger partial charge in [0.05, 0.1) is 0 Å². The van der Waals surface area contributed by atoms with E-state index in [1.807, 2.05) is 35.9 Å². The fourth-order valence-corrected chi connectivity index (χ4v) is 2.98. The Kier molecular flexibility index (Phi) is 3.20. The van der Waals surface area contributed by atoms with Crippen molar-refractivity contribution in [1.29, 1.82) is 0 Å². The zero-order valence-corrected chi connectivity index (χ0v) is 10.7. The number of rotatable bonds is 3. The van der Waals surface area contributed by atoms with Crippen molar-refractivity contribution >= 4 is 11.3 Å². The molecule has 18 heavy (non-hydrogen) atoms. The summed E-state index contributed by atoms with van der Waals surface area (Å²) in [6, 6.07) is 19.0. The van der Waals surface area contributed by atoms with Gasteiger partial charge < -0.3 is 0 Å². The van der Waals surface area contributed by atoms with Crippen LogP contribution in [0, 0.1) is 0 Å². The van der Waals surface area contributed by atoms with Gasteiger partial charge in [-0.05, 0) is 29.3 Å². The summed E-state index contributed by atoms with van der Waals surface area (Å²) >= 11 is 1.85.